The molecule has 0 spiro atoms. The summed E-state index contributed by atoms with van der Waals surface area (Å²) in [5, 5.41) is 3.04. The highest BCUT2D eigenvalue weighted by Gasteiger charge is 2.20. The Morgan fingerprint density at radius 2 is 1.93 bits per heavy atom. The molecule has 0 aromatic heterocycles. The summed E-state index contributed by atoms with van der Waals surface area (Å²) >= 11 is 0. The van der Waals surface area contributed by atoms with Gasteiger partial charge in [0.1, 0.15) is 0 Å². The molecule has 1 aromatic carbocycles. The second-order valence-electron chi connectivity index (χ2n) is 8.07. The van der Waals surface area contributed by atoms with Crippen LogP contribution in [-0.4, -0.2) is 16.4 Å². The Hall–Kier alpha value is -0.870. The summed E-state index contributed by atoms with van der Waals surface area (Å²) in [4.78, 5) is 12.2. The van der Waals surface area contributed by atoms with Gasteiger partial charge in [-0.2, -0.15) is 0 Å². The lowest BCUT2D eigenvalue weighted by molar-refractivity contribution is -0.121. The van der Waals surface area contributed by atoms with Crippen LogP contribution in [0.4, 0.5) is 0 Å². The molecule has 2 nitrogen and oxygen atoms in total. The lowest BCUT2D eigenvalue weighted by atomic mass is 10.1. The maximum absolute atomic E-state index is 12.2. The van der Waals surface area contributed by atoms with Crippen molar-refractivity contribution < 1.29 is 6.22 Å². The van der Waals surface area contributed by atoms with Crippen molar-refractivity contribution in [1.82, 2.24) is 5.32 Å². The molecule has 0 unspecified atom stereocenters. The van der Waals surface area contributed by atoms with Gasteiger partial charge >= 0.3 is 0 Å². The zero-order valence-electron chi connectivity index (χ0n) is 17.7. The quantitative estimate of drug-likeness (QED) is 0.273. The van der Waals surface area contributed by atoms with E-state index in [1.165, 1.54) is 30.6 Å². The van der Waals surface area contributed by atoms with Crippen molar-refractivity contribution in [3.8, 4) is 0 Å². The van der Waals surface area contributed by atoms with Crippen LogP contribution in [0.3, 0.4) is 0 Å². The molecule has 0 bridgehead atoms. The van der Waals surface area contributed by atoms with Crippen molar-refractivity contribution in [3.05, 3.63) is 41.5 Å². The summed E-state index contributed by atoms with van der Waals surface area (Å²) in [5.74, 6) is 2.16. The van der Waals surface area contributed by atoms with E-state index in [9.17, 15) is 4.79 Å². The van der Waals surface area contributed by atoms with E-state index in [2.05, 4.69) is 63.4 Å². The number of carbonyl (C=O) groups excluding carboxylic acids is 1. The van der Waals surface area contributed by atoms with Crippen LogP contribution in [-0.2, 0) is 11.3 Å². The predicted octanol–water partition coefficient (Wildman–Crippen LogP) is 7.35. The Morgan fingerprint density at radius 1 is 1.22 bits per heavy atom. The van der Waals surface area contributed by atoms with Gasteiger partial charge in [-0.25, -0.2) is 0 Å². The van der Waals surface area contributed by atoms with Gasteiger partial charge in [-0.1, -0.05) is 84.7 Å². The first-order chi connectivity index (χ1) is 12.8. The van der Waals surface area contributed by atoms with E-state index in [1.54, 1.807) is 0 Å². The highest BCUT2D eigenvalue weighted by atomic mass is 33.1. The SMILES string of the molecule is C/C=C\c1ccc(CNC(=O)CCC(C)(C)SSCCCCC(C)C)cc1.[HH]. The molecular formula is C23H39NOS2. The summed E-state index contributed by atoms with van der Waals surface area (Å²) in [5.41, 5.74) is 2.33. The normalized spacial score (nSPS) is 12.1. The van der Waals surface area contributed by atoms with Crippen LogP contribution >= 0.6 is 21.6 Å². The van der Waals surface area contributed by atoms with Crippen molar-refractivity contribution in [2.45, 2.75) is 78.0 Å². The second-order valence-corrected chi connectivity index (χ2v) is 11.2. The Balaban J connectivity index is 0.00000729. The number of nitrogens with one attached hydrogen (secondary N) is 1. The first-order valence-electron chi connectivity index (χ1n) is 10.1. The van der Waals surface area contributed by atoms with Crippen LogP contribution in [0.2, 0.25) is 0 Å². The molecule has 1 aromatic rings. The first kappa shape index (κ1) is 24.2. The fourth-order valence-corrected chi connectivity index (χ4v) is 5.32. The third kappa shape index (κ3) is 12.2. The van der Waals surface area contributed by atoms with Crippen LogP contribution in [0.15, 0.2) is 30.3 Å². The largest absolute Gasteiger partial charge is 0.352 e. The van der Waals surface area contributed by atoms with Gasteiger partial charge in [0.25, 0.3) is 0 Å². The van der Waals surface area contributed by atoms with Crippen molar-refractivity contribution >= 4 is 33.6 Å². The molecule has 1 N–H and O–H groups in total. The molecule has 0 aliphatic carbocycles. The van der Waals surface area contributed by atoms with Crippen LogP contribution in [0.25, 0.3) is 6.08 Å². The number of amides is 1. The highest BCUT2D eigenvalue weighted by molar-refractivity contribution is 8.77. The summed E-state index contributed by atoms with van der Waals surface area (Å²) < 4.78 is 0.133. The molecule has 27 heavy (non-hydrogen) atoms. The number of hydrogen-bond acceptors (Lipinski definition) is 3. The predicted molar refractivity (Wildman–Crippen MR) is 127 cm³/mol. The molecule has 0 atom stereocenters. The number of rotatable bonds is 13. The van der Waals surface area contributed by atoms with Crippen LogP contribution in [0.1, 0.15) is 79.3 Å². The van der Waals surface area contributed by atoms with Crippen molar-refractivity contribution in [1.29, 1.82) is 0 Å². The maximum Gasteiger partial charge on any atom is 0.220 e. The van der Waals surface area contributed by atoms with Crippen LogP contribution in [0.5, 0.6) is 0 Å². The smallest absolute Gasteiger partial charge is 0.220 e. The summed E-state index contributed by atoms with van der Waals surface area (Å²) in [7, 11) is 3.89. The molecule has 0 saturated heterocycles. The lowest BCUT2D eigenvalue weighted by Crippen LogP contribution is -2.25. The van der Waals surface area contributed by atoms with Gasteiger partial charge < -0.3 is 5.32 Å². The minimum Gasteiger partial charge on any atom is -0.352 e. The van der Waals surface area contributed by atoms with Gasteiger partial charge in [0, 0.05) is 24.9 Å². The average molecular weight is 410 g/mol. The minimum atomic E-state index is 0. The van der Waals surface area contributed by atoms with Crippen molar-refractivity contribution in [3.63, 3.8) is 0 Å². The van der Waals surface area contributed by atoms with Gasteiger partial charge in [0.2, 0.25) is 5.91 Å². The molecule has 0 aliphatic rings. The van der Waals surface area contributed by atoms with E-state index in [0.29, 0.717) is 13.0 Å². The van der Waals surface area contributed by atoms with Crippen molar-refractivity contribution in [2.24, 2.45) is 5.92 Å². The lowest BCUT2D eigenvalue weighted by Gasteiger charge is -2.23. The standard InChI is InChI=1S/C23H37NOS2.H2/c1-6-9-20-11-13-21(14-12-20)18-24-22(25)15-16-23(4,5)27-26-17-8-7-10-19(2)3;/h6,9,11-14,19H,7-8,10,15-18H2,1-5H3,(H,24,25);1H/b9-6-;. The van der Waals surface area contributed by atoms with E-state index < -0.39 is 0 Å². The van der Waals surface area contributed by atoms with Gasteiger partial charge in [-0.15, -0.1) is 0 Å². The molecule has 4 heteroatoms. The number of hydrogen-bond donors (Lipinski definition) is 1. The highest BCUT2D eigenvalue weighted by Crippen LogP contribution is 2.39. The fraction of sp³-hybridized carbons (Fsp3) is 0.609. The Kier molecular flexibility index (Phi) is 11.9. The van der Waals surface area contributed by atoms with E-state index in [4.69, 9.17) is 0 Å². The summed E-state index contributed by atoms with van der Waals surface area (Å²) in [6, 6.07) is 8.32. The van der Waals surface area contributed by atoms with Crippen LogP contribution in [0, 0.1) is 5.92 Å². The Morgan fingerprint density at radius 3 is 2.56 bits per heavy atom. The zero-order valence-corrected chi connectivity index (χ0v) is 19.3. The van der Waals surface area contributed by atoms with Gasteiger partial charge in [-0.3, -0.25) is 4.79 Å². The monoisotopic (exact) mass is 409 g/mol. The second kappa shape index (κ2) is 13.3. The average Bonchev–Trinajstić information content (AvgIpc) is 2.62. The number of carbonyl (C=O) groups is 1. The summed E-state index contributed by atoms with van der Waals surface area (Å²) in [6.07, 6.45) is 9.54. The van der Waals surface area contributed by atoms with Gasteiger partial charge in [0.15, 0.2) is 0 Å². The molecule has 1 amide bonds. The molecule has 0 radical (unpaired) electrons. The molecule has 154 valence electrons. The van der Waals surface area contributed by atoms with Gasteiger partial charge in [-0.05, 0) is 50.7 Å². The summed E-state index contributed by atoms with van der Waals surface area (Å²) in [6.45, 7) is 11.7. The molecule has 0 aliphatic heterocycles. The minimum absolute atomic E-state index is 0. The van der Waals surface area contributed by atoms with E-state index in [0.717, 1.165) is 17.9 Å². The first-order valence-corrected chi connectivity index (χ1v) is 12.4. The maximum atomic E-state index is 12.2. The third-order valence-electron chi connectivity index (χ3n) is 4.33. The van der Waals surface area contributed by atoms with Gasteiger partial charge in [0.05, 0.1) is 0 Å². The topological polar surface area (TPSA) is 29.1 Å². The molecule has 0 heterocycles. The van der Waals surface area contributed by atoms with Crippen molar-refractivity contribution in [2.75, 3.05) is 5.75 Å². The third-order valence-corrected chi connectivity index (χ3v) is 7.76. The number of allylic oxidation sites excluding steroid dienone is 1. The number of unbranched alkanes of at least 4 members (excludes halogenated alkanes) is 1. The fourth-order valence-electron chi connectivity index (χ4n) is 2.60. The zero-order chi connectivity index (χ0) is 20.1. The van der Waals surface area contributed by atoms with E-state index in [-0.39, 0.29) is 12.1 Å². The molecular weight excluding hydrogens is 370 g/mol. The molecule has 1 rings (SSSR count). The van der Waals surface area contributed by atoms with E-state index >= 15 is 0 Å². The van der Waals surface area contributed by atoms with Crippen LogP contribution < -0.4 is 5.32 Å². The number of benzene rings is 1. The molecule has 0 fully saturated rings. The Labute approximate surface area is 176 Å². The Bertz CT molecular complexity index is 570. The van der Waals surface area contributed by atoms with E-state index in [1.807, 2.05) is 34.6 Å². The molecule has 0 saturated carbocycles.